The largest absolute Gasteiger partial charge is 0.441 e. The molecule has 2 N–H and O–H groups in total. The van der Waals surface area contributed by atoms with Crippen molar-refractivity contribution in [2.45, 2.75) is 62.5 Å². The monoisotopic (exact) mass is 615 g/mol. The molecular weight excluding hydrogens is 585 g/mol. The fourth-order valence-electron chi connectivity index (χ4n) is 5.36. The van der Waals surface area contributed by atoms with Crippen LogP contribution in [0, 0.1) is 5.92 Å². The molecule has 43 heavy (non-hydrogen) atoms. The van der Waals surface area contributed by atoms with Crippen LogP contribution in [0.15, 0.2) is 24.8 Å². The van der Waals surface area contributed by atoms with E-state index in [4.69, 9.17) is 9.47 Å². The van der Waals surface area contributed by atoms with Gasteiger partial charge < -0.3 is 25.0 Å². The summed E-state index contributed by atoms with van der Waals surface area (Å²) in [5.74, 6) is -2.92. The van der Waals surface area contributed by atoms with Crippen LogP contribution in [0.5, 0.6) is 0 Å². The highest BCUT2D eigenvalue weighted by Gasteiger charge is 2.48. The average Bonchev–Trinajstić information content (AvgIpc) is 3.67. The first kappa shape index (κ1) is 30.4. The van der Waals surface area contributed by atoms with Gasteiger partial charge in [-0.05, 0) is 24.8 Å². The number of alkyl halides is 5. The van der Waals surface area contributed by atoms with E-state index in [1.807, 2.05) is 5.32 Å². The van der Waals surface area contributed by atoms with E-state index in [1.54, 1.807) is 13.1 Å². The van der Waals surface area contributed by atoms with Gasteiger partial charge >= 0.3 is 18.3 Å². The van der Waals surface area contributed by atoms with Gasteiger partial charge in [0.05, 0.1) is 43.3 Å². The minimum atomic E-state index is -4.62. The van der Waals surface area contributed by atoms with Gasteiger partial charge in [0.2, 0.25) is 5.92 Å². The maximum Gasteiger partial charge on any atom is 0.410 e. The molecule has 3 atom stereocenters. The Labute approximate surface area is 241 Å². The van der Waals surface area contributed by atoms with E-state index < -0.39 is 54.8 Å². The molecule has 13 nitrogen and oxygen atoms in total. The van der Waals surface area contributed by atoms with Crippen molar-refractivity contribution in [1.29, 1.82) is 0 Å². The number of aromatic nitrogens is 6. The summed E-state index contributed by atoms with van der Waals surface area (Å²) in [6.45, 7) is -0.936. The third-order valence-corrected chi connectivity index (χ3v) is 7.58. The standard InChI is InChI=1S/C25H30F5N9O4/c1-37-13-31-19(36-37)12-43-23(41)35-21(14-3-5-24(26,27)6-4-14)16-9-39-20(33-16)7-15(8-32-39)17(11-42-2)38-10-18(25(28,29)30)34-22(38)40/h7-9,13-14,17-18,21H,3-6,10-12H2,1-2H3,(H,34,40)(H,35,41)/t17-,18+,21+/m1/s1. The van der Waals surface area contributed by atoms with Crippen molar-refractivity contribution >= 4 is 17.8 Å². The van der Waals surface area contributed by atoms with Crippen molar-refractivity contribution in [1.82, 2.24) is 44.9 Å². The van der Waals surface area contributed by atoms with Gasteiger partial charge in [0.1, 0.15) is 12.4 Å². The summed E-state index contributed by atoms with van der Waals surface area (Å²) in [4.78, 5) is 34.8. The lowest BCUT2D eigenvalue weighted by Gasteiger charge is -2.33. The lowest BCUT2D eigenvalue weighted by molar-refractivity contribution is -0.150. The molecule has 3 amide bonds. The number of nitrogens with one attached hydrogen (secondary N) is 2. The molecule has 4 heterocycles. The number of urea groups is 1. The molecule has 234 valence electrons. The zero-order valence-corrected chi connectivity index (χ0v) is 23.2. The smallest absolute Gasteiger partial charge is 0.410 e. The molecule has 3 aromatic rings. The molecule has 0 bridgehead atoms. The summed E-state index contributed by atoms with van der Waals surface area (Å²) in [6, 6.07) is -3.09. The van der Waals surface area contributed by atoms with Gasteiger partial charge in [-0.25, -0.2) is 32.9 Å². The summed E-state index contributed by atoms with van der Waals surface area (Å²) in [5.41, 5.74) is 0.959. The van der Waals surface area contributed by atoms with Crippen LogP contribution in [0.4, 0.5) is 31.5 Å². The van der Waals surface area contributed by atoms with Crippen molar-refractivity contribution in [3.63, 3.8) is 0 Å². The van der Waals surface area contributed by atoms with E-state index in [9.17, 15) is 31.5 Å². The summed E-state index contributed by atoms with van der Waals surface area (Å²) in [7, 11) is 3.01. The van der Waals surface area contributed by atoms with Crippen LogP contribution in [-0.2, 0) is 23.1 Å². The number of alkyl carbamates (subject to hydrolysis) is 1. The second-order valence-corrected chi connectivity index (χ2v) is 10.7. The fraction of sp³-hybridized carbons (Fsp3) is 0.600. The molecule has 2 aliphatic rings. The number of hydrogen-bond acceptors (Lipinski definition) is 8. The average molecular weight is 616 g/mol. The molecule has 2 fully saturated rings. The molecule has 0 spiro atoms. The predicted octanol–water partition coefficient (Wildman–Crippen LogP) is 3.29. The highest BCUT2D eigenvalue weighted by Crippen LogP contribution is 2.41. The Morgan fingerprint density at radius 1 is 1.28 bits per heavy atom. The number of fused-ring (bicyclic) bond motifs is 1. The molecule has 0 unspecified atom stereocenters. The molecule has 3 aromatic heterocycles. The van der Waals surface area contributed by atoms with Gasteiger partial charge in [-0.2, -0.15) is 23.4 Å². The quantitative estimate of drug-likeness (QED) is 0.350. The minimum Gasteiger partial charge on any atom is -0.441 e. The number of rotatable bonds is 9. The van der Waals surface area contributed by atoms with Gasteiger partial charge in [0.25, 0.3) is 0 Å². The zero-order chi connectivity index (χ0) is 30.9. The van der Waals surface area contributed by atoms with Crippen molar-refractivity contribution in [3.05, 3.63) is 41.9 Å². The molecule has 1 aliphatic heterocycles. The molecule has 1 aliphatic carbocycles. The van der Waals surface area contributed by atoms with E-state index in [2.05, 4.69) is 25.5 Å². The third kappa shape index (κ3) is 6.94. The highest BCUT2D eigenvalue weighted by atomic mass is 19.4. The van der Waals surface area contributed by atoms with E-state index in [0.717, 1.165) is 4.90 Å². The molecule has 1 saturated carbocycles. The maximum atomic E-state index is 13.9. The molecule has 0 radical (unpaired) electrons. The second-order valence-electron chi connectivity index (χ2n) is 10.7. The van der Waals surface area contributed by atoms with Crippen molar-refractivity contribution in [3.8, 4) is 0 Å². The second kappa shape index (κ2) is 11.9. The van der Waals surface area contributed by atoms with Crippen molar-refractivity contribution in [2.24, 2.45) is 13.0 Å². The van der Waals surface area contributed by atoms with Gasteiger partial charge in [-0.3, -0.25) is 4.68 Å². The molecular formula is C25H30F5N9O4. The van der Waals surface area contributed by atoms with E-state index in [-0.39, 0.29) is 50.4 Å². The minimum absolute atomic E-state index is 0.110. The Bertz CT molecular complexity index is 1450. The van der Waals surface area contributed by atoms with Crippen LogP contribution in [-0.4, -0.2) is 84.8 Å². The van der Waals surface area contributed by atoms with E-state index >= 15 is 0 Å². The summed E-state index contributed by atoms with van der Waals surface area (Å²) in [5, 5.41) is 13.0. The maximum absolute atomic E-state index is 13.9. The number of imidazole rings is 1. The Morgan fingerprint density at radius 2 is 2.02 bits per heavy atom. The van der Waals surface area contributed by atoms with Gasteiger partial charge in [0.15, 0.2) is 18.1 Å². The molecule has 5 rings (SSSR count). The van der Waals surface area contributed by atoms with Crippen LogP contribution < -0.4 is 10.6 Å². The topological polar surface area (TPSA) is 141 Å². The number of methoxy groups -OCH3 is 1. The van der Waals surface area contributed by atoms with Crippen LogP contribution in [0.2, 0.25) is 0 Å². The number of hydrogen-bond donors (Lipinski definition) is 2. The number of carbonyl (C=O) groups excluding carboxylic acids is 2. The van der Waals surface area contributed by atoms with Gasteiger partial charge in [-0.1, -0.05) is 0 Å². The Hall–Kier alpha value is -4.09. The lowest BCUT2D eigenvalue weighted by Crippen LogP contribution is -2.40. The lowest BCUT2D eigenvalue weighted by atomic mass is 9.81. The summed E-state index contributed by atoms with van der Waals surface area (Å²) in [6.07, 6.45) is -1.55. The normalized spacial score (nSPS) is 20.7. The number of ether oxygens (including phenoxy) is 2. The summed E-state index contributed by atoms with van der Waals surface area (Å²) >= 11 is 0. The highest BCUT2D eigenvalue weighted by molar-refractivity contribution is 5.77. The van der Waals surface area contributed by atoms with Crippen LogP contribution in [0.1, 0.15) is 54.8 Å². The van der Waals surface area contributed by atoms with Gasteiger partial charge in [-0.15, -0.1) is 0 Å². The first-order valence-electron chi connectivity index (χ1n) is 13.5. The third-order valence-electron chi connectivity index (χ3n) is 7.58. The van der Waals surface area contributed by atoms with E-state index in [1.165, 1.54) is 35.0 Å². The number of amides is 3. The fourth-order valence-corrected chi connectivity index (χ4v) is 5.36. The van der Waals surface area contributed by atoms with Crippen molar-refractivity contribution < 1.29 is 41.0 Å². The number of carbonyl (C=O) groups is 2. The first-order valence-corrected chi connectivity index (χ1v) is 13.5. The molecule has 0 aromatic carbocycles. The van der Waals surface area contributed by atoms with Gasteiger partial charge in [0, 0.05) is 32.6 Å². The van der Waals surface area contributed by atoms with Crippen molar-refractivity contribution in [2.75, 3.05) is 20.3 Å². The SMILES string of the molecule is COC[C@H](c1cnn2cc([C@@H](NC(=O)OCc3ncn(C)n3)C3CCC(F)(F)CC3)nc2c1)N1C[C@@H](C(F)(F)F)NC1=O. The number of halogens is 5. The predicted molar refractivity (Wildman–Crippen MR) is 137 cm³/mol. The summed E-state index contributed by atoms with van der Waals surface area (Å²) < 4.78 is 81.0. The number of aryl methyl sites for hydroxylation is 1. The van der Waals surface area contributed by atoms with Crippen LogP contribution in [0.3, 0.4) is 0 Å². The molecule has 1 saturated heterocycles. The Balaban J connectivity index is 1.39. The van der Waals surface area contributed by atoms with Crippen LogP contribution >= 0.6 is 0 Å². The Kier molecular flexibility index (Phi) is 8.40. The molecule has 18 heteroatoms. The van der Waals surface area contributed by atoms with E-state index in [0.29, 0.717) is 11.3 Å². The zero-order valence-electron chi connectivity index (χ0n) is 23.2. The number of nitrogens with zero attached hydrogens (tertiary/aromatic N) is 7. The van der Waals surface area contributed by atoms with Crippen LogP contribution in [0.25, 0.3) is 5.65 Å². The first-order chi connectivity index (χ1) is 20.3. The Morgan fingerprint density at radius 3 is 2.65 bits per heavy atom.